The number of rotatable bonds is 4. The molecule has 0 aromatic carbocycles. The lowest BCUT2D eigenvalue weighted by atomic mass is 9.84. The second-order valence-corrected chi connectivity index (χ2v) is 6.59. The fourth-order valence-electron chi connectivity index (χ4n) is 3.58. The van der Waals surface area contributed by atoms with Crippen LogP contribution in [0.2, 0.25) is 0 Å². The highest BCUT2D eigenvalue weighted by Gasteiger charge is 2.21. The van der Waals surface area contributed by atoms with Crippen LogP contribution >= 0.6 is 0 Å². The Kier molecular flexibility index (Phi) is 5.09. The zero-order valence-corrected chi connectivity index (χ0v) is 13.0. The van der Waals surface area contributed by atoms with Gasteiger partial charge in [-0.3, -0.25) is 4.90 Å². The maximum absolute atomic E-state index is 5.98. The lowest BCUT2D eigenvalue weighted by Gasteiger charge is -2.36. The van der Waals surface area contributed by atoms with Crippen LogP contribution in [-0.2, 0) is 0 Å². The minimum atomic E-state index is 0.475. The van der Waals surface area contributed by atoms with Crippen molar-refractivity contribution in [1.82, 2.24) is 9.88 Å². The third-order valence-corrected chi connectivity index (χ3v) is 5.09. The first-order valence-corrected chi connectivity index (χ1v) is 8.45. The second kappa shape index (κ2) is 7.23. The van der Waals surface area contributed by atoms with Crippen molar-refractivity contribution in [3.05, 3.63) is 24.4 Å². The predicted octanol–water partition coefficient (Wildman–Crippen LogP) is 2.11. The second-order valence-electron chi connectivity index (χ2n) is 6.59. The zero-order chi connectivity index (χ0) is 14.5. The van der Waals surface area contributed by atoms with Gasteiger partial charge >= 0.3 is 0 Å². The maximum Gasteiger partial charge on any atom is 0.128 e. The van der Waals surface area contributed by atoms with E-state index in [2.05, 4.69) is 26.9 Å². The predicted molar refractivity (Wildman–Crippen MR) is 87.4 cm³/mol. The summed E-state index contributed by atoms with van der Waals surface area (Å²) in [6.45, 7) is 5.81. The maximum atomic E-state index is 5.98. The van der Waals surface area contributed by atoms with Crippen LogP contribution in [0.4, 0.5) is 5.82 Å². The Morgan fingerprint density at radius 1 is 1.05 bits per heavy atom. The number of nitrogens with two attached hydrogens (primary N) is 1. The van der Waals surface area contributed by atoms with Crippen LogP contribution in [0.25, 0.3) is 0 Å². The van der Waals surface area contributed by atoms with E-state index in [9.17, 15) is 0 Å². The number of aromatic nitrogens is 1. The van der Waals surface area contributed by atoms with Gasteiger partial charge in [0, 0.05) is 38.4 Å². The molecule has 2 fully saturated rings. The Morgan fingerprint density at radius 3 is 2.48 bits per heavy atom. The smallest absolute Gasteiger partial charge is 0.128 e. The Bertz CT molecular complexity index is 406. The van der Waals surface area contributed by atoms with E-state index >= 15 is 0 Å². The molecular formula is C17H28N4. The molecule has 0 atom stereocenters. The van der Waals surface area contributed by atoms with Crippen molar-refractivity contribution in [3.8, 4) is 0 Å². The number of nitrogens with zero attached hydrogens (tertiary/aromatic N) is 3. The highest BCUT2D eigenvalue weighted by atomic mass is 15.3. The lowest BCUT2D eigenvalue weighted by molar-refractivity contribution is 0.216. The van der Waals surface area contributed by atoms with Gasteiger partial charge in [-0.05, 0) is 56.7 Å². The van der Waals surface area contributed by atoms with Gasteiger partial charge in [-0.1, -0.05) is 6.07 Å². The standard InChI is InChI=1S/C17H28N4/c18-16-6-4-15(5-7-16)8-10-20-11-13-21(14-12-20)17-3-1-2-9-19-17/h1-3,9,15-16H,4-8,10-14,18H2/t15-,16-. The molecule has 21 heavy (non-hydrogen) atoms. The summed E-state index contributed by atoms with van der Waals surface area (Å²) in [5, 5.41) is 0. The fourth-order valence-corrected chi connectivity index (χ4v) is 3.58. The minimum Gasteiger partial charge on any atom is -0.354 e. The number of piperazine rings is 1. The van der Waals surface area contributed by atoms with Gasteiger partial charge in [0.15, 0.2) is 0 Å². The van der Waals surface area contributed by atoms with Crippen LogP contribution in [-0.4, -0.2) is 48.6 Å². The van der Waals surface area contributed by atoms with Gasteiger partial charge in [0.05, 0.1) is 0 Å². The van der Waals surface area contributed by atoms with Gasteiger partial charge in [-0.2, -0.15) is 0 Å². The monoisotopic (exact) mass is 288 g/mol. The van der Waals surface area contributed by atoms with Gasteiger partial charge < -0.3 is 10.6 Å². The third kappa shape index (κ3) is 4.17. The molecular weight excluding hydrogens is 260 g/mol. The Labute approximate surface area is 128 Å². The summed E-state index contributed by atoms with van der Waals surface area (Å²) in [6.07, 6.45) is 8.40. The molecule has 116 valence electrons. The molecule has 2 aliphatic rings. The molecule has 4 heteroatoms. The van der Waals surface area contributed by atoms with Crippen molar-refractivity contribution >= 4 is 5.82 Å². The number of hydrogen-bond donors (Lipinski definition) is 1. The van der Waals surface area contributed by atoms with Crippen molar-refractivity contribution in [2.75, 3.05) is 37.6 Å². The van der Waals surface area contributed by atoms with Crippen molar-refractivity contribution in [2.24, 2.45) is 11.7 Å². The summed E-state index contributed by atoms with van der Waals surface area (Å²) >= 11 is 0. The van der Waals surface area contributed by atoms with Crippen molar-refractivity contribution in [3.63, 3.8) is 0 Å². The molecule has 1 aromatic heterocycles. The molecule has 1 saturated heterocycles. The Morgan fingerprint density at radius 2 is 1.81 bits per heavy atom. The molecule has 0 amide bonds. The number of hydrogen-bond acceptors (Lipinski definition) is 4. The quantitative estimate of drug-likeness (QED) is 0.922. The van der Waals surface area contributed by atoms with Crippen molar-refractivity contribution in [2.45, 2.75) is 38.1 Å². The van der Waals surface area contributed by atoms with Crippen molar-refractivity contribution < 1.29 is 0 Å². The SMILES string of the molecule is N[C@H]1CC[C@H](CCN2CCN(c3ccccn3)CC2)CC1. The molecule has 0 unspecified atom stereocenters. The molecule has 1 saturated carbocycles. The molecule has 2 heterocycles. The molecule has 4 nitrogen and oxygen atoms in total. The summed E-state index contributed by atoms with van der Waals surface area (Å²) in [6, 6.07) is 6.64. The highest BCUT2D eigenvalue weighted by molar-refractivity contribution is 5.38. The van der Waals surface area contributed by atoms with Gasteiger partial charge in [-0.25, -0.2) is 4.98 Å². The number of pyridine rings is 1. The van der Waals surface area contributed by atoms with Gasteiger partial charge in [0.2, 0.25) is 0 Å². The van der Waals surface area contributed by atoms with E-state index in [0.717, 1.165) is 24.8 Å². The first-order chi connectivity index (χ1) is 10.3. The van der Waals surface area contributed by atoms with E-state index in [1.54, 1.807) is 0 Å². The average Bonchev–Trinajstić information content (AvgIpc) is 2.56. The topological polar surface area (TPSA) is 45.4 Å². The molecule has 3 rings (SSSR count). The molecule has 1 aromatic rings. The van der Waals surface area contributed by atoms with Crippen LogP contribution in [0.5, 0.6) is 0 Å². The first-order valence-electron chi connectivity index (χ1n) is 8.45. The van der Waals surface area contributed by atoms with Crippen LogP contribution in [0.1, 0.15) is 32.1 Å². The minimum absolute atomic E-state index is 0.475. The van der Waals surface area contributed by atoms with Crippen LogP contribution in [0.3, 0.4) is 0 Å². The third-order valence-electron chi connectivity index (χ3n) is 5.09. The lowest BCUT2D eigenvalue weighted by Crippen LogP contribution is -2.47. The van der Waals surface area contributed by atoms with E-state index in [1.165, 1.54) is 51.7 Å². The molecule has 0 spiro atoms. The van der Waals surface area contributed by atoms with Gasteiger partial charge in [0.25, 0.3) is 0 Å². The van der Waals surface area contributed by atoms with E-state index < -0.39 is 0 Å². The van der Waals surface area contributed by atoms with Gasteiger partial charge in [0.1, 0.15) is 5.82 Å². The Hall–Kier alpha value is -1.13. The van der Waals surface area contributed by atoms with Gasteiger partial charge in [-0.15, -0.1) is 0 Å². The first kappa shape index (κ1) is 14.8. The molecule has 0 bridgehead atoms. The molecule has 1 aliphatic carbocycles. The molecule has 0 radical (unpaired) electrons. The summed E-state index contributed by atoms with van der Waals surface area (Å²) < 4.78 is 0. The highest BCUT2D eigenvalue weighted by Crippen LogP contribution is 2.26. The van der Waals surface area contributed by atoms with E-state index in [4.69, 9.17) is 5.73 Å². The largest absolute Gasteiger partial charge is 0.354 e. The van der Waals surface area contributed by atoms with Crippen LogP contribution in [0.15, 0.2) is 24.4 Å². The summed E-state index contributed by atoms with van der Waals surface area (Å²) in [5.74, 6) is 2.04. The van der Waals surface area contributed by atoms with E-state index in [0.29, 0.717) is 6.04 Å². The van der Waals surface area contributed by atoms with Crippen LogP contribution in [0, 0.1) is 5.92 Å². The van der Waals surface area contributed by atoms with Crippen molar-refractivity contribution in [1.29, 1.82) is 0 Å². The zero-order valence-electron chi connectivity index (χ0n) is 13.0. The van der Waals surface area contributed by atoms with E-state index in [-0.39, 0.29) is 0 Å². The Balaban J connectivity index is 1.38. The number of anilines is 1. The van der Waals surface area contributed by atoms with E-state index in [1.807, 2.05) is 12.3 Å². The molecule has 2 N–H and O–H groups in total. The fraction of sp³-hybridized carbons (Fsp3) is 0.706. The molecule has 1 aliphatic heterocycles. The van der Waals surface area contributed by atoms with Crippen LogP contribution < -0.4 is 10.6 Å². The summed E-state index contributed by atoms with van der Waals surface area (Å²) in [4.78, 5) is 9.47. The summed E-state index contributed by atoms with van der Waals surface area (Å²) in [7, 11) is 0. The summed E-state index contributed by atoms with van der Waals surface area (Å²) in [5.41, 5.74) is 5.98. The normalized spacial score (nSPS) is 27.8. The average molecular weight is 288 g/mol.